The number of benzene rings is 1. The van der Waals surface area contributed by atoms with Crippen molar-refractivity contribution >= 4 is 23.7 Å². The van der Waals surface area contributed by atoms with E-state index in [2.05, 4.69) is 0 Å². The molecule has 0 radical (unpaired) electrons. The zero-order chi connectivity index (χ0) is 25.3. The standard InChI is InChI=1S/C26H37ClFNO5/c1-24(2,3)33-22(30)19-12-20(27)18(11-21(19)28)16-32-15-17-13-26(14-17)7-9-29(10-8-26)23(31)34-25(4,5)6/h11-12,17H,7-10,13-16H2,1-6H3. The number of ether oxygens (including phenoxy) is 3. The minimum Gasteiger partial charge on any atom is -0.456 e. The maximum atomic E-state index is 14.5. The Labute approximate surface area is 207 Å². The van der Waals surface area contributed by atoms with Gasteiger partial charge < -0.3 is 19.1 Å². The molecule has 0 aromatic heterocycles. The van der Waals surface area contributed by atoms with Crippen LogP contribution in [0.5, 0.6) is 0 Å². The van der Waals surface area contributed by atoms with Crippen molar-refractivity contribution in [2.75, 3.05) is 19.7 Å². The van der Waals surface area contributed by atoms with Crippen LogP contribution in [-0.2, 0) is 20.8 Å². The second-order valence-electron chi connectivity index (χ2n) is 11.7. The summed E-state index contributed by atoms with van der Waals surface area (Å²) in [4.78, 5) is 26.2. The second-order valence-corrected chi connectivity index (χ2v) is 12.1. The van der Waals surface area contributed by atoms with Gasteiger partial charge in [0.2, 0.25) is 0 Å². The van der Waals surface area contributed by atoms with Crippen LogP contribution >= 0.6 is 11.6 Å². The summed E-state index contributed by atoms with van der Waals surface area (Å²) in [5.41, 5.74) is -0.587. The Hall–Kier alpha value is -1.86. The van der Waals surface area contributed by atoms with E-state index in [1.54, 1.807) is 25.7 Å². The van der Waals surface area contributed by atoms with Gasteiger partial charge in [0, 0.05) is 24.7 Å². The minimum absolute atomic E-state index is 0.178. The van der Waals surface area contributed by atoms with Crippen molar-refractivity contribution in [1.82, 2.24) is 4.90 Å². The fourth-order valence-corrected chi connectivity index (χ4v) is 4.92. The summed E-state index contributed by atoms with van der Waals surface area (Å²) in [5, 5.41) is 0.279. The molecule has 3 rings (SSSR count). The molecule has 34 heavy (non-hydrogen) atoms. The van der Waals surface area contributed by atoms with Crippen molar-refractivity contribution in [3.8, 4) is 0 Å². The summed E-state index contributed by atoms with van der Waals surface area (Å²) in [6.07, 6.45) is 3.85. The number of esters is 1. The number of hydrogen-bond acceptors (Lipinski definition) is 5. The number of likely N-dealkylation sites (tertiary alicyclic amines) is 1. The zero-order valence-electron chi connectivity index (χ0n) is 21.1. The number of amides is 1. The van der Waals surface area contributed by atoms with Crippen LogP contribution in [0.1, 0.15) is 83.1 Å². The summed E-state index contributed by atoms with van der Waals surface area (Å²) >= 11 is 6.28. The first-order valence-electron chi connectivity index (χ1n) is 11.9. The van der Waals surface area contributed by atoms with E-state index in [1.807, 2.05) is 20.8 Å². The van der Waals surface area contributed by atoms with Crippen LogP contribution < -0.4 is 0 Å². The molecule has 2 aliphatic rings. The van der Waals surface area contributed by atoms with Crippen molar-refractivity contribution in [2.24, 2.45) is 11.3 Å². The lowest BCUT2D eigenvalue weighted by Gasteiger charge is -2.52. The van der Waals surface area contributed by atoms with E-state index in [9.17, 15) is 14.0 Å². The van der Waals surface area contributed by atoms with Gasteiger partial charge in [-0.1, -0.05) is 11.6 Å². The maximum absolute atomic E-state index is 14.5. The highest BCUT2D eigenvalue weighted by molar-refractivity contribution is 6.31. The van der Waals surface area contributed by atoms with Crippen molar-refractivity contribution in [3.63, 3.8) is 0 Å². The maximum Gasteiger partial charge on any atom is 0.410 e. The SMILES string of the molecule is CC(C)(C)OC(=O)c1cc(Cl)c(COCC2CC3(CCN(C(=O)OC(C)(C)C)CC3)C2)cc1F. The molecule has 0 bridgehead atoms. The molecule has 0 atom stereocenters. The molecule has 1 saturated carbocycles. The van der Waals surface area contributed by atoms with Crippen molar-refractivity contribution in [2.45, 2.75) is 85.0 Å². The largest absolute Gasteiger partial charge is 0.456 e. The van der Waals surface area contributed by atoms with Gasteiger partial charge in [-0.2, -0.15) is 0 Å². The van der Waals surface area contributed by atoms with Crippen LogP contribution in [0.2, 0.25) is 5.02 Å². The summed E-state index contributed by atoms with van der Waals surface area (Å²) in [6.45, 7) is 13.0. The minimum atomic E-state index is -0.739. The lowest BCUT2D eigenvalue weighted by atomic mass is 9.58. The van der Waals surface area contributed by atoms with Gasteiger partial charge in [0.15, 0.2) is 0 Å². The Morgan fingerprint density at radius 3 is 2.21 bits per heavy atom. The zero-order valence-corrected chi connectivity index (χ0v) is 21.9. The monoisotopic (exact) mass is 497 g/mol. The molecular weight excluding hydrogens is 461 g/mol. The summed E-state index contributed by atoms with van der Waals surface area (Å²) in [5.74, 6) is -0.966. The van der Waals surface area contributed by atoms with Crippen molar-refractivity contribution in [1.29, 1.82) is 0 Å². The van der Waals surface area contributed by atoms with Gasteiger partial charge in [0.25, 0.3) is 0 Å². The quantitative estimate of drug-likeness (QED) is 0.442. The molecule has 1 aliphatic carbocycles. The molecule has 1 aromatic carbocycles. The third-order valence-electron chi connectivity index (χ3n) is 6.29. The Morgan fingerprint density at radius 2 is 1.65 bits per heavy atom. The van der Waals surface area contributed by atoms with Crippen LogP contribution in [0.4, 0.5) is 9.18 Å². The Kier molecular flexibility index (Phi) is 7.88. The molecule has 1 spiro atoms. The van der Waals surface area contributed by atoms with Gasteiger partial charge >= 0.3 is 12.1 Å². The molecule has 1 aliphatic heterocycles. The van der Waals surface area contributed by atoms with Crippen LogP contribution in [0.15, 0.2) is 12.1 Å². The van der Waals surface area contributed by atoms with E-state index in [0.717, 1.165) is 38.8 Å². The molecule has 8 heteroatoms. The highest BCUT2D eigenvalue weighted by atomic mass is 35.5. The molecule has 1 saturated heterocycles. The van der Waals surface area contributed by atoms with E-state index in [1.165, 1.54) is 12.1 Å². The van der Waals surface area contributed by atoms with Crippen molar-refractivity contribution < 1.29 is 28.2 Å². The average molecular weight is 498 g/mol. The highest BCUT2D eigenvalue weighted by Crippen LogP contribution is 2.52. The topological polar surface area (TPSA) is 65.1 Å². The lowest BCUT2D eigenvalue weighted by Crippen LogP contribution is -2.50. The van der Waals surface area contributed by atoms with Crippen LogP contribution in [-0.4, -0.2) is 47.9 Å². The fraction of sp³-hybridized carbons (Fsp3) is 0.692. The van der Waals surface area contributed by atoms with Gasteiger partial charge in [-0.15, -0.1) is 0 Å². The number of rotatable bonds is 5. The molecule has 1 heterocycles. The highest BCUT2D eigenvalue weighted by Gasteiger charge is 2.46. The second kappa shape index (κ2) is 10.0. The molecule has 1 amide bonds. The summed E-state index contributed by atoms with van der Waals surface area (Å²) in [7, 11) is 0. The lowest BCUT2D eigenvalue weighted by molar-refractivity contribution is -0.0561. The average Bonchev–Trinajstić information content (AvgIpc) is 2.66. The third kappa shape index (κ3) is 7.08. The van der Waals surface area contributed by atoms with Crippen LogP contribution in [0, 0.1) is 17.2 Å². The van der Waals surface area contributed by atoms with Crippen LogP contribution in [0.3, 0.4) is 0 Å². The van der Waals surface area contributed by atoms with Gasteiger partial charge in [0.1, 0.15) is 17.0 Å². The molecule has 0 N–H and O–H groups in total. The molecule has 6 nitrogen and oxygen atoms in total. The van der Waals surface area contributed by atoms with E-state index >= 15 is 0 Å². The number of halogens is 2. The molecule has 190 valence electrons. The third-order valence-corrected chi connectivity index (χ3v) is 6.64. The number of hydrogen-bond donors (Lipinski definition) is 0. The first-order chi connectivity index (χ1) is 15.7. The Balaban J connectivity index is 1.43. The normalized spacial score (nSPS) is 18.5. The predicted molar refractivity (Wildman–Crippen MR) is 128 cm³/mol. The Morgan fingerprint density at radius 1 is 1.06 bits per heavy atom. The summed E-state index contributed by atoms with van der Waals surface area (Å²) < 4.78 is 31.0. The van der Waals surface area contributed by atoms with Gasteiger partial charge in [0.05, 0.1) is 12.2 Å². The number of carbonyl (C=O) groups is 2. The number of piperidine rings is 1. The van der Waals surface area contributed by atoms with E-state index < -0.39 is 23.0 Å². The molecule has 0 unspecified atom stereocenters. The number of nitrogens with zero attached hydrogens (tertiary/aromatic N) is 1. The van der Waals surface area contributed by atoms with E-state index in [-0.39, 0.29) is 28.7 Å². The molecule has 1 aromatic rings. The molecular formula is C26H37ClFNO5. The summed E-state index contributed by atoms with van der Waals surface area (Å²) in [6, 6.07) is 2.55. The first kappa shape index (κ1) is 26.7. The predicted octanol–water partition coefficient (Wildman–Crippen LogP) is 6.38. The van der Waals surface area contributed by atoms with Crippen molar-refractivity contribution in [3.05, 3.63) is 34.1 Å². The van der Waals surface area contributed by atoms with Gasteiger partial charge in [-0.3, -0.25) is 0 Å². The number of carbonyl (C=O) groups excluding carboxylic acids is 2. The first-order valence-corrected chi connectivity index (χ1v) is 12.3. The Bertz CT molecular complexity index is 905. The fourth-order valence-electron chi connectivity index (χ4n) is 4.70. The molecule has 2 fully saturated rings. The smallest absolute Gasteiger partial charge is 0.410 e. The van der Waals surface area contributed by atoms with E-state index in [4.69, 9.17) is 25.8 Å². The van der Waals surface area contributed by atoms with Gasteiger partial charge in [-0.05, 0) is 96.3 Å². The van der Waals surface area contributed by atoms with Crippen LogP contribution in [0.25, 0.3) is 0 Å². The van der Waals surface area contributed by atoms with Gasteiger partial charge in [-0.25, -0.2) is 14.0 Å². The van der Waals surface area contributed by atoms with E-state index in [0.29, 0.717) is 18.1 Å².